The minimum atomic E-state index is -1.58. The molecule has 6 rings (SSSR count). The van der Waals surface area contributed by atoms with Crippen molar-refractivity contribution in [3.8, 4) is 0 Å². The van der Waals surface area contributed by atoms with Gasteiger partial charge in [-0.3, -0.25) is 14.4 Å². The molecule has 19 unspecified atom stereocenters. The standard InChI is InChI=1S/C47H74O15/c1-23(2)13-12-14-24(3)35-31(60-43-39(55)37(53)40(59-27(6)50)33(61-43)22-56-25(4)48)20-47(11)41-30(51)19-29-28(45(41,9)17-18-46(35,47)10)15-16-34(44(29,7)8)62-42-38(54)36(52)32(21-57-42)58-26(5)49/h13,19,24,28,30-43,51-55H,12,14-18,20-22H2,1-11H3. The molecule has 0 radical (unpaired) electrons. The molecule has 2 saturated heterocycles. The Bertz CT molecular complexity index is 1710. The number of hydrogen-bond acceptors (Lipinski definition) is 15. The van der Waals surface area contributed by atoms with Gasteiger partial charge in [-0.05, 0) is 92.8 Å². The van der Waals surface area contributed by atoms with Gasteiger partial charge in [0.25, 0.3) is 0 Å². The molecule has 5 N–H and O–H groups in total. The van der Waals surface area contributed by atoms with Crippen LogP contribution < -0.4 is 0 Å². The number of hydrogen-bond donors (Lipinski definition) is 5. The van der Waals surface area contributed by atoms with Crippen LogP contribution >= 0.6 is 0 Å². The summed E-state index contributed by atoms with van der Waals surface area (Å²) in [4.78, 5) is 35.4. The molecule has 15 nitrogen and oxygen atoms in total. The van der Waals surface area contributed by atoms with Gasteiger partial charge in [0.1, 0.15) is 37.1 Å². The van der Waals surface area contributed by atoms with Gasteiger partial charge >= 0.3 is 17.9 Å². The first-order valence-corrected chi connectivity index (χ1v) is 22.7. The van der Waals surface area contributed by atoms with Crippen molar-refractivity contribution < 1.29 is 73.1 Å². The second-order valence-corrected chi connectivity index (χ2v) is 20.9. The monoisotopic (exact) mass is 879 g/mol. The molecule has 62 heavy (non-hydrogen) atoms. The predicted octanol–water partition coefficient (Wildman–Crippen LogP) is 4.28. The molecule has 4 aliphatic carbocycles. The van der Waals surface area contributed by atoms with Gasteiger partial charge in [-0.2, -0.15) is 0 Å². The fraction of sp³-hybridized carbons (Fsp3) is 0.851. The quantitative estimate of drug-likeness (QED) is 0.105. The van der Waals surface area contributed by atoms with Gasteiger partial charge < -0.3 is 58.7 Å². The van der Waals surface area contributed by atoms with Crippen molar-refractivity contribution >= 4 is 17.9 Å². The molecule has 6 aliphatic rings. The number of rotatable bonds is 12. The summed E-state index contributed by atoms with van der Waals surface area (Å²) in [6, 6.07) is 0. The van der Waals surface area contributed by atoms with Crippen LogP contribution in [0, 0.1) is 45.3 Å². The lowest BCUT2D eigenvalue weighted by molar-refractivity contribution is -0.317. The van der Waals surface area contributed by atoms with E-state index in [4.69, 9.17) is 33.2 Å². The molecule has 3 saturated carbocycles. The van der Waals surface area contributed by atoms with Gasteiger partial charge in [0.05, 0.1) is 24.9 Å². The van der Waals surface area contributed by atoms with Crippen LogP contribution in [0.3, 0.4) is 0 Å². The number of esters is 3. The normalized spacial score (nSPS) is 45.3. The van der Waals surface area contributed by atoms with E-state index in [1.54, 1.807) is 0 Å². The van der Waals surface area contributed by atoms with Crippen LogP contribution in [0.5, 0.6) is 0 Å². The van der Waals surface area contributed by atoms with Crippen LogP contribution in [-0.2, 0) is 47.5 Å². The highest BCUT2D eigenvalue weighted by molar-refractivity contribution is 5.67. The smallest absolute Gasteiger partial charge is 0.303 e. The molecule has 2 aliphatic heterocycles. The van der Waals surface area contributed by atoms with Gasteiger partial charge in [0.2, 0.25) is 0 Å². The fourth-order valence-corrected chi connectivity index (χ4v) is 13.2. The first-order valence-electron chi connectivity index (χ1n) is 22.7. The van der Waals surface area contributed by atoms with E-state index in [1.165, 1.54) is 26.3 Å². The molecule has 0 spiro atoms. The summed E-state index contributed by atoms with van der Waals surface area (Å²) in [5, 5.41) is 57.2. The SMILES string of the molecule is CC(=O)OCC1OC(OC2CC3(C)C4C(O)C=C5C(CCC(OC6OCC(OC(C)=O)C(O)C6O)C5(C)C)C4(C)CCC3(C)C2C(C)CCC=C(C)C)C(O)C(O)C1OC(C)=O. The van der Waals surface area contributed by atoms with Gasteiger partial charge in [0.15, 0.2) is 24.8 Å². The summed E-state index contributed by atoms with van der Waals surface area (Å²) in [5.74, 6) is -1.81. The molecule has 5 fully saturated rings. The number of allylic oxidation sites excluding steroid dienone is 2. The fourth-order valence-electron chi connectivity index (χ4n) is 13.2. The van der Waals surface area contributed by atoms with Crippen molar-refractivity contribution in [1.29, 1.82) is 0 Å². The predicted molar refractivity (Wildman–Crippen MR) is 223 cm³/mol. The zero-order valence-corrected chi connectivity index (χ0v) is 38.6. The Morgan fingerprint density at radius 2 is 1.47 bits per heavy atom. The van der Waals surface area contributed by atoms with Gasteiger partial charge in [-0.25, -0.2) is 0 Å². The molecule has 2 heterocycles. The van der Waals surface area contributed by atoms with E-state index in [0.717, 1.165) is 37.7 Å². The molecule has 19 atom stereocenters. The number of ether oxygens (including phenoxy) is 7. The van der Waals surface area contributed by atoms with Crippen LogP contribution in [0.25, 0.3) is 0 Å². The largest absolute Gasteiger partial charge is 0.463 e. The summed E-state index contributed by atoms with van der Waals surface area (Å²) in [6.45, 7) is 20.8. The second kappa shape index (κ2) is 18.4. The highest BCUT2D eigenvalue weighted by atomic mass is 16.7. The van der Waals surface area contributed by atoms with E-state index in [2.05, 4.69) is 61.5 Å². The first-order chi connectivity index (χ1) is 28.9. The van der Waals surface area contributed by atoms with E-state index in [9.17, 15) is 39.9 Å². The summed E-state index contributed by atoms with van der Waals surface area (Å²) in [5.41, 5.74) is 0.626. The molecule has 0 aromatic heterocycles. The van der Waals surface area contributed by atoms with E-state index in [1.807, 2.05) is 6.08 Å². The molecular formula is C47H74O15. The van der Waals surface area contributed by atoms with Crippen LogP contribution in [0.1, 0.15) is 121 Å². The van der Waals surface area contributed by atoms with Crippen molar-refractivity contribution in [1.82, 2.24) is 0 Å². The van der Waals surface area contributed by atoms with Crippen molar-refractivity contribution in [3.63, 3.8) is 0 Å². The number of carbonyl (C=O) groups is 3. The third-order valence-electron chi connectivity index (χ3n) is 16.3. The average molecular weight is 879 g/mol. The van der Waals surface area contributed by atoms with Crippen molar-refractivity contribution in [2.75, 3.05) is 13.2 Å². The highest BCUT2D eigenvalue weighted by Crippen LogP contribution is 2.75. The number of carbonyl (C=O) groups excluding carboxylic acids is 3. The van der Waals surface area contributed by atoms with Crippen molar-refractivity contribution in [2.45, 2.75) is 195 Å². The zero-order valence-electron chi connectivity index (χ0n) is 38.6. The Labute approximate surface area is 366 Å². The molecule has 0 aromatic rings. The Morgan fingerprint density at radius 1 is 0.806 bits per heavy atom. The maximum absolute atomic E-state index is 12.6. The Balaban J connectivity index is 1.30. The maximum Gasteiger partial charge on any atom is 0.303 e. The average Bonchev–Trinajstić information content (AvgIpc) is 3.40. The third kappa shape index (κ3) is 8.92. The Kier molecular flexibility index (Phi) is 14.6. The van der Waals surface area contributed by atoms with Crippen LogP contribution in [-0.4, -0.2) is 130 Å². The molecule has 352 valence electrons. The lowest BCUT2D eigenvalue weighted by Gasteiger charge is -2.67. The van der Waals surface area contributed by atoms with Gasteiger partial charge in [-0.1, -0.05) is 64.8 Å². The van der Waals surface area contributed by atoms with E-state index >= 15 is 0 Å². The molecule has 15 heteroatoms. The van der Waals surface area contributed by atoms with Crippen molar-refractivity contribution in [3.05, 3.63) is 23.3 Å². The lowest BCUT2D eigenvalue weighted by Crippen LogP contribution is -2.63. The summed E-state index contributed by atoms with van der Waals surface area (Å²) < 4.78 is 41.2. The molecular weight excluding hydrogens is 805 g/mol. The molecule has 0 amide bonds. The third-order valence-corrected chi connectivity index (χ3v) is 16.3. The molecule has 0 aromatic carbocycles. The lowest BCUT2D eigenvalue weighted by atomic mass is 9.38. The van der Waals surface area contributed by atoms with E-state index < -0.39 is 102 Å². The number of fused-ring (bicyclic) bond motifs is 5. The van der Waals surface area contributed by atoms with E-state index in [-0.39, 0.29) is 47.7 Å². The summed E-state index contributed by atoms with van der Waals surface area (Å²) in [6.07, 6.45) is -3.82. The van der Waals surface area contributed by atoms with Crippen LogP contribution in [0.2, 0.25) is 0 Å². The Morgan fingerprint density at radius 3 is 2.10 bits per heavy atom. The van der Waals surface area contributed by atoms with Crippen LogP contribution in [0.15, 0.2) is 23.3 Å². The van der Waals surface area contributed by atoms with E-state index in [0.29, 0.717) is 12.8 Å². The van der Waals surface area contributed by atoms with Gasteiger partial charge in [-0.15, -0.1) is 0 Å². The summed E-state index contributed by atoms with van der Waals surface area (Å²) in [7, 11) is 0. The second-order valence-electron chi connectivity index (χ2n) is 20.9. The summed E-state index contributed by atoms with van der Waals surface area (Å²) >= 11 is 0. The minimum absolute atomic E-state index is 0.0375. The number of aliphatic hydroxyl groups is 5. The number of aliphatic hydroxyl groups excluding tert-OH is 5. The van der Waals surface area contributed by atoms with Crippen LogP contribution in [0.4, 0.5) is 0 Å². The Hall–Kier alpha value is -2.47. The highest BCUT2D eigenvalue weighted by Gasteiger charge is 2.72. The van der Waals surface area contributed by atoms with Crippen molar-refractivity contribution in [2.24, 2.45) is 45.3 Å². The molecule has 0 bridgehead atoms. The maximum atomic E-state index is 12.6. The topological polar surface area (TPSA) is 217 Å². The van der Waals surface area contributed by atoms with Gasteiger partial charge in [0, 0.05) is 32.1 Å². The first kappa shape index (κ1) is 49.0. The minimum Gasteiger partial charge on any atom is -0.463 e. The zero-order chi connectivity index (χ0) is 45.9.